The van der Waals surface area contributed by atoms with Crippen molar-refractivity contribution in [3.05, 3.63) is 328 Å². The number of hydrogen-bond donors (Lipinski definition) is 5. The number of aromatic nitrogens is 12. The molecule has 5 aliphatic heterocycles. The van der Waals surface area contributed by atoms with Crippen LogP contribution in [0, 0.1) is 0 Å². The van der Waals surface area contributed by atoms with Crippen molar-refractivity contribution >= 4 is 126 Å². The number of hydrogen-bond acceptors (Lipinski definition) is 23. The highest BCUT2D eigenvalue weighted by Crippen LogP contribution is 2.36. The lowest BCUT2D eigenvalue weighted by atomic mass is 9.95. The number of aliphatic hydroxyl groups excluding tert-OH is 4. The molecule has 0 saturated carbocycles. The lowest BCUT2D eigenvalue weighted by molar-refractivity contribution is -0.0395. The Hall–Kier alpha value is -12.4. The smallest absolute Gasteiger partial charge is 0.272 e. The summed E-state index contributed by atoms with van der Waals surface area (Å²) in [6.45, 7) is 9.43. The van der Waals surface area contributed by atoms with Gasteiger partial charge in [-0.3, -0.25) is 52.2 Å². The maximum absolute atomic E-state index is 13.6. The van der Waals surface area contributed by atoms with Crippen molar-refractivity contribution < 1.29 is 47.8 Å². The summed E-state index contributed by atoms with van der Waals surface area (Å²) in [5, 5.41) is 56.0. The van der Waals surface area contributed by atoms with Crippen molar-refractivity contribution in [1.29, 1.82) is 0 Å². The Bertz CT molecular complexity index is 7460. The molecule has 0 spiro atoms. The number of halogens is 2. The molecule has 5 fully saturated rings. The molecule has 8 aromatic carbocycles. The third-order valence-electron chi connectivity index (χ3n) is 25.8. The SMILES string of the molecule is CC(C)c1cc(Cc2cc3c(=O)n([C@H]4CCOC[C@@H]4O)cnc3c3ccccc23)ccn1.CS(=O)(=O)N1CC[C@H](n2cnc3c(cc(Cc4ccc(Cl)nc4)c4ccccc43)c2=O)[C@@H](O)C1.O=C(c1ccc(Cc2cc3c(=O)n([C@H]4CCOC[C@@H]4O)cnc3c3ccccc23)cn1)N1CCOCC1.O=c1c2cc(Cc3ccc(Cl)nc3)c3ccccc3c2ncn1[C@H]1CNCC[C@@H]1O. The van der Waals surface area contributed by atoms with Gasteiger partial charge in [0.25, 0.3) is 28.1 Å². The summed E-state index contributed by atoms with van der Waals surface area (Å²) >= 11 is 11.8. The molecule has 21 rings (SSSR count). The predicted molar refractivity (Wildman–Crippen MR) is 513 cm³/mol. The zero-order chi connectivity index (χ0) is 92.3. The van der Waals surface area contributed by atoms with Crippen LogP contribution in [0.5, 0.6) is 0 Å². The van der Waals surface area contributed by atoms with E-state index >= 15 is 0 Å². The van der Waals surface area contributed by atoms with Crippen LogP contribution in [0.3, 0.4) is 0 Å². The maximum atomic E-state index is 13.6. The van der Waals surface area contributed by atoms with E-state index in [4.69, 9.17) is 37.4 Å². The maximum Gasteiger partial charge on any atom is 0.272 e. The highest BCUT2D eigenvalue weighted by molar-refractivity contribution is 7.88. The van der Waals surface area contributed by atoms with Crippen LogP contribution >= 0.6 is 23.2 Å². The first-order chi connectivity index (χ1) is 64.5. The molecular formula is C101H99Cl2N15O14S. The fourth-order valence-electron chi connectivity index (χ4n) is 18.8. The van der Waals surface area contributed by atoms with Crippen molar-refractivity contribution in [2.24, 2.45) is 0 Å². The van der Waals surface area contributed by atoms with Gasteiger partial charge in [0.2, 0.25) is 10.0 Å². The van der Waals surface area contributed by atoms with Gasteiger partial charge in [-0.05, 0) is 184 Å². The molecule has 5 aliphatic rings. The van der Waals surface area contributed by atoms with E-state index in [2.05, 4.69) is 77.2 Å². The molecule has 0 radical (unpaired) electrons. The minimum atomic E-state index is -3.41. The van der Waals surface area contributed by atoms with Crippen LogP contribution in [0.2, 0.25) is 10.3 Å². The highest BCUT2D eigenvalue weighted by Gasteiger charge is 2.36. The molecule has 5 saturated heterocycles. The zero-order valence-electron chi connectivity index (χ0n) is 73.4. The number of carbonyl (C=O) groups excluding carboxylic acids is 1. The number of carbonyl (C=O) groups is 1. The number of nitrogens with zero attached hydrogens (tertiary/aromatic N) is 14. The summed E-state index contributed by atoms with van der Waals surface area (Å²) in [5.41, 5.74) is 11.5. The summed E-state index contributed by atoms with van der Waals surface area (Å²) < 4.78 is 47.1. The van der Waals surface area contributed by atoms with Crippen molar-refractivity contribution in [3.63, 3.8) is 0 Å². The standard InChI is InChI=1S/C28H28N4O5.C26H27N3O3.C24H23ClN4O4S.C23H21ClN4O2/c33-25-16-37-10-7-24(25)32-17-30-26-21-4-2-1-3-20(21)19(14-22(26)27(32)34)13-18-5-6-23(29-15-18)28(35)31-8-11-36-12-9-31;1-16(2)22-12-17(7-9-27-22)11-18-13-21-25(20-6-4-3-5-19(18)20)28-15-29(26(21)31)23-8-10-32-14-24(23)30;1-34(32,33)28-9-8-20(21(30)13-28)29-14-27-23-18-5-3-2-4-17(18)16(11-19(23)24(29)31)10-15-6-7-22(25)26-12-15;24-21-6-5-14(11-26-21)9-15-10-18-22(17-4-2-1-3-16(15)17)27-13-28(23(18)30)19-12-25-8-7-20(19)29/h1-6,14-15,17,24-25,33H,7-13,16H2;3-7,9,12-13,15-16,23-24,30H,8,10-11,14H2,1-2H3;2-7,11-12,14,20-21,30H,8-10,13H2,1H3;1-6,10-11,13,19-20,25,29H,7-9,12H2/t24-,25-;23-,24-;20-,21-;19-,20-/m0000/s1. The minimum Gasteiger partial charge on any atom is -0.391 e. The Labute approximate surface area is 774 Å². The largest absolute Gasteiger partial charge is 0.391 e. The average molecular weight is 1850 g/mol. The number of amides is 1. The number of piperidine rings is 2. The lowest BCUT2D eigenvalue weighted by Gasteiger charge is -2.35. The number of aliphatic hydroxyl groups is 4. The molecule has 0 aliphatic carbocycles. The van der Waals surface area contributed by atoms with Gasteiger partial charge in [-0.2, -0.15) is 4.31 Å². The van der Waals surface area contributed by atoms with Crippen LogP contribution in [0.4, 0.5) is 0 Å². The summed E-state index contributed by atoms with van der Waals surface area (Å²) in [6, 6.07) is 53.1. The second kappa shape index (κ2) is 39.8. The zero-order valence-corrected chi connectivity index (χ0v) is 75.7. The first kappa shape index (κ1) is 91.1. The van der Waals surface area contributed by atoms with Crippen LogP contribution in [0.1, 0.15) is 130 Å². The fourth-order valence-corrected chi connectivity index (χ4v) is 19.9. The first-order valence-corrected chi connectivity index (χ1v) is 47.2. The van der Waals surface area contributed by atoms with E-state index in [-0.39, 0.29) is 72.6 Å². The summed E-state index contributed by atoms with van der Waals surface area (Å²) in [6.07, 6.45) is 15.8. The van der Waals surface area contributed by atoms with Gasteiger partial charge in [-0.1, -0.05) is 152 Å². The molecule has 8 atom stereocenters. The molecule has 29 nitrogen and oxygen atoms in total. The second-order valence-corrected chi connectivity index (χ2v) is 37.5. The van der Waals surface area contributed by atoms with Gasteiger partial charge in [0, 0.05) is 98.0 Å². The van der Waals surface area contributed by atoms with Gasteiger partial charge in [0.05, 0.1) is 150 Å². The van der Waals surface area contributed by atoms with Gasteiger partial charge in [0.1, 0.15) is 16.0 Å². The van der Waals surface area contributed by atoms with Crippen LogP contribution < -0.4 is 27.6 Å². The van der Waals surface area contributed by atoms with E-state index in [1.807, 2.05) is 140 Å². The first-order valence-electron chi connectivity index (χ1n) is 44.6. The van der Waals surface area contributed by atoms with Gasteiger partial charge in [0.15, 0.2) is 0 Å². The molecule has 16 aromatic rings. The topological polar surface area (TPSA) is 369 Å². The average Bonchev–Trinajstić information content (AvgIpc) is 0.744. The number of nitrogens with one attached hydrogen (secondary N) is 1. The number of fused-ring (bicyclic) bond motifs is 12. The second-order valence-electron chi connectivity index (χ2n) is 34.8. The molecule has 682 valence electrons. The van der Waals surface area contributed by atoms with E-state index < -0.39 is 40.5 Å². The fraction of sp³-hybridized carbons (Fsp3) is 0.317. The molecule has 5 N–H and O–H groups in total. The number of ether oxygens (including phenoxy) is 3. The van der Waals surface area contributed by atoms with Crippen LogP contribution in [0.25, 0.3) is 86.7 Å². The van der Waals surface area contributed by atoms with Crippen molar-refractivity contribution in [1.82, 2.24) is 72.7 Å². The molecule has 0 unspecified atom stereocenters. The van der Waals surface area contributed by atoms with E-state index in [9.17, 15) is 52.8 Å². The Morgan fingerprint density at radius 3 is 1.18 bits per heavy atom. The molecule has 13 heterocycles. The van der Waals surface area contributed by atoms with Crippen LogP contribution in [0.15, 0.2) is 239 Å². The number of sulfonamides is 1. The Kier molecular flexibility index (Phi) is 27.3. The number of pyridine rings is 4. The van der Waals surface area contributed by atoms with Crippen molar-refractivity contribution in [2.75, 3.05) is 85.2 Å². The van der Waals surface area contributed by atoms with Crippen molar-refractivity contribution in [2.45, 2.75) is 120 Å². The Balaban J connectivity index is 0.000000119. The van der Waals surface area contributed by atoms with Gasteiger partial charge >= 0.3 is 0 Å². The van der Waals surface area contributed by atoms with Crippen LogP contribution in [-0.4, -0.2) is 212 Å². The molecule has 0 bridgehead atoms. The van der Waals surface area contributed by atoms with Gasteiger partial charge < -0.3 is 44.9 Å². The quantitative estimate of drug-likeness (QED) is 0.0470. The highest BCUT2D eigenvalue weighted by atomic mass is 35.5. The number of rotatable bonds is 15. The number of benzene rings is 8. The summed E-state index contributed by atoms with van der Waals surface area (Å²) in [5.74, 6) is 0.263. The van der Waals surface area contributed by atoms with E-state index in [1.165, 1.54) is 15.2 Å². The summed E-state index contributed by atoms with van der Waals surface area (Å²) in [7, 11) is -3.41. The van der Waals surface area contributed by atoms with Gasteiger partial charge in [-0.25, -0.2) is 38.3 Å². The van der Waals surface area contributed by atoms with Crippen LogP contribution in [-0.2, 0) is 49.9 Å². The van der Waals surface area contributed by atoms with E-state index in [0.717, 1.165) is 106 Å². The minimum absolute atomic E-state index is 0.0550. The Morgan fingerprint density at radius 2 is 0.812 bits per heavy atom. The van der Waals surface area contributed by atoms with Gasteiger partial charge in [-0.15, -0.1) is 0 Å². The van der Waals surface area contributed by atoms with E-state index in [0.29, 0.717) is 163 Å². The molecule has 8 aromatic heterocycles. The predicted octanol–water partition coefficient (Wildman–Crippen LogP) is 12.2. The third-order valence-corrected chi connectivity index (χ3v) is 27.6. The molecular weight excluding hydrogens is 1750 g/mol. The lowest BCUT2D eigenvalue weighted by Crippen LogP contribution is -2.48. The summed E-state index contributed by atoms with van der Waals surface area (Å²) in [4.78, 5) is 104. The molecule has 1 amide bonds. The van der Waals surface area contributed by atoms with E-state index in [1.54, 1.807) is 74.4 Å². The third kappa shape index (κ3) is 19.5. The number of morpholine rings is 1. The number of β-amino-alcohol motifs (C(OH)–C–C–N with tert-alkyl or cyclic N) is 1. The molecule has 32 heteroatoms. The van der Waals surface area contributed by atoms with Crippen molar-refractivity contribution in [3.8, 4) is 0 Å². The Morgan fingerprint density at radius 1 is 0.421 bits per heavy atom. The monoisotopic (exact) mass is 1850 g/mol. The molecule has 133 heavy (non-hydrogen) atoms. The normalized spacial score (nSPS) is 19.7.